The van der Waals surface area contributed by atoms with Gasteiger partial charge in [-0.1, -0.05) is 11.6 Å². The first kappa shape index (κ1) is 12.7. The lowest BCUT2D eigenvalue weighted by atomic mass is 10.2. The molecule has 0 fully saturated rings. The maximum Gasteiger partial charge on any atom is 0.138 e. The van der Waals surface area contributed by atoms with Gasteiger partial charge in [-0.3, -0.25) is 0 Å². The summed E-state index contributed by atoms with van der Waals surface area (Å²) >= 11 is 9.72. The van der Waals surface area contributed by atoms with E-state index in [9.17, 15) is 0 Å². The number of halogens is 2. The molecule has 5 heteroatoms. The molecule has 2 aromatic rings. The molecule has 1 atom stereocenters. The van der Waals surface area contributed by atoms with E-state index in [1.54, 1.807) is 7.11 Å². The number of nitrogens with zero attached hydrogens (tertiary/aromatic N) is 1. The molecule has 2 N–H and O–H groups in total. The average Bonchev–Trinajstić information content (AvgIpc) is 2.50. The van der Waals surface area contributed by atoms with Crippen LogP contribution in [-0.4, -0.2) is 11.7 Å². The van der Waals surface area contributed by atoms with Crippen molar-refractivity contribution in [1.29, 1.82) is 0 Å². The molecule has 0 spiro atoms. The van der Waals surface area contributed by atoms with Gasteiger partial charge in [-0.05, 0) is 35.0 Å². The zero-order valence-corrected chi connectivity index (χ0v) is 12.3. The van der Waals surface area contributed by atoms with Gasteiger partial charge in [-0.15, -0.1) is 0 Å². The summed E-state index contributed by atoms with van der Waals surface area (Å²) in [4.78, 5) is 0. The van der Waals surface area contributed by atoms with Crippen LogP contribution >= 0.6 is 27.5 Å². The minimum atomic E-state index is -0.0495. The molecule has 1 aromatic heterocycles. The molecule has 0 radical (unpaired) electrons. The van der Waals surface area contributed by atoms with E-state index in [1.807, 2.05) is 26.1 Å². The summed E-state index contributed by atoms with van der Waals surface area (Å²) in [7, 11) is 3.59. The van der Waals surface area contributed by atoms with Gasteiger partial charge in [0.15, 0.2) is 0 Å². The molecule has 1 heterocycles. The van der Waals surface area contributed by atoms with Crippen LogP contribution in [0, 0.1) is 0 Å². The van der Waals surface area contributed by atoms with Gasteiger partial charge < -0.3 is 15.0 Å². The van der Waals surface area contributed by atoms with Gasteiger partial charge in [0.2, 0.25) is 0 Å². The monoisotopic (exact) mass is 316 g/mol. The van der Waals surface area contributed by atoms with Gasteiger partial charge in [-0.25, -0.2) is 0 Å². The maximum atomic E-state index is 6.13. The Labute approximate surface area is 114 Å². The molecule has 0 bridgehead atoms. The molecule has 3 nitrogen and oxygen atoms in total. The number of hydrogen-bond donors (Lipinski definition) is 1. The van der Waals surface area contributed by atoms with Crippen molar-refractivity contribution in [3.63, 3.8) is 0 Å². The number of aryl methyl sites for hydroxylation is 1. The van der Waals surface area contributed by atoms with Crippen LogP contribution in [0.4, 0.5) is 0 Å². The van der Waals surface area contributed by atoms with E-state index in [4.69, 9.17) is 22.1 Å². The molecule has 17 heavy (non-hydrogen) atoms. The predicted molar refractivity (Wildman–Crippen MR) is 74.8 cm³/mol. The number of benzene rings is 1. The van der Waals surface area contributed by atoms with E-state index in [1.165, 1.54) is 0 Å². The highest BCUT2D eigenvalue weighted by molar-refractivity contribution is 9.10. The van der Waals surface area contributed by atoms with Crippen LogP contribution in [0.15, 0.2) is 16.6 Å². The van der Waals surface area contributed by atoms with Gasteiger partial charge in [0.25, 0.3) is 0 Å². The second-order valence-electron chi connectivity index (χ2n) is 4.05. The van der Waals surface area contributed by atoms with Crippen molar-refractivity contribution >= 4 is 38.4 Å². The molecule has 0 saturated carbocycles. The van der Waals surface area contributed by atoms with Crippen LogP contribution in [0.25, 0.3) is 10.9 Å². The van der Waals surface area contributed by atoms with E-state index >= 15 is 0 Å². The van der Waals surface area contributed by atoms with E-state index in [-0.39, 0.29) is 6.04 Å². The number of rotatable bonds is 2. The van der Waals surface area contributed by atoms with Crippen molar-refractivity contribution in [2.75, 3.05) is 7.11 Å². The highest BCUT2D eigenvalue weighted by Crippen LogP contribution is 2.38. The Hall–Kier alpha value is -0.710. The smallest absolute Gasteiger partial charge is 0.138 e. The maximum absolute atomic E-state index is 6.13. The van der Waals surface area contributed by atoms with Gasteiger partial charge >= 0.3 is 0 Å². The van der Waals surface area contributed by atoms with Crippen LogP contribution < -0.4 is 10.5 Å². The highest BCUT2D eigenvalue weighted by atomic mass is 79.9. The fraction of sp³-hybridized carbons (Fsp3) is 0.333. The molecule has 92 valence electrons. The minimum Gasteiger partial charge on any atom is -0.495 e. The summed E-state index contributed by atoms with van der Waals surface area (Å²) in [5, 5.41) is 1.66. The van der Waals surface area contributed by atoms with Gasteiger partial charge in [0, 0.05) is 28.6 Å². The van der Waals surface area contributed by atoms with E-state index in [2.05, 4.69) is 20.5 Å². The lowest BCUT2D eigenvalue weighted by Gasteiger charge is -2.08. The predicted octanol–water partition coefficient (Wildman–Crippen LogP) is 3.62. The summed E-state index contributed by atoms with van der Waals surface area (Å²) in [6.07, 6.45) is 0. The fourth-order valence-corrected chi connectivity index (χ4v) is 3.25. The molecular weight excluding hydrogens is 304 g/mol. The quantitative estimate of drug-likeness (QED) is 0.919. The Bertz CT molecular complexity index is 578. The van der Waals surface area contributed by atoms with Crippen molar-refractivity contribution in [3.05, 3.63) is 27.3 Å². The van der Waals surface area contributed by atoms with Gasteiger partial charge in [0.05, 0.1) is 17.6 Å². The van der Waals surface area contributed by atoms with Crippen molar-refractivity contribution in [3.8, 4) is 5.75 Å². The van der Waals surface area contributed by atoms with Crippen molar-refractivity contribution in [1.82, 2.24) is 4.57 Å². The number of nitrogens with two attached hydrogens (primary N) is 1. The van der Waals surface area contributed by atoms with Crippen LogP contribution in [0.1, 0.15) is 18.7 Å². The third-order valence-corrected chi connectivity index (χ3v) is 4.01. The summed E-state index contributed by atoms with van der Waals surface area (Å²) in [6, 6.07) is 3.77. The third kappa shape index (κ3) is 1.94. The zero-order valence-electron chi connectivity index (χ0n) is 9.92. The first-order valence-corrected chi connectivity index (χ1v) is 6.41. The third-order valence-electron chi connectivity index (χ3n) is 2.89. The molecule has 1 unspecified atom stereocenters. The van der Waals surface area contributed by atoms with Crippen molar-refractivity contribution in [2.45, 2.75) is 13.0 Å². The van der Waals surface area contributed by atoms with Crippen molar-refractivity contribution in [2.24, 2.45) is 12.8 Å². The molecule has 0 aliphatic rings. The Balaban J connectivity index is 2.83. The fourth-order valence-electron chi connectivity index (χ4n) is 2.07. The summed E-state index contributed by atoms with van der Waals surface area (Å²) in [5.41, 5.74) is 8.06. The summed E-state index contributed by atoms with van der Waals surface area (Å²) < 4.78 is 8.28. The van der Waals surface area contributed by atoms with Crippen LogP contribution in [0.3, 0.4) is 0 Å². The Morgan fingerprint density at radius 3 is 2.65 bits per heavy atom. The molecule has 1 aromatic carbocycles. The SMILES string of the molecule is COc1cc2c(Br)c(C(C)N)n(C)c2cc1Cl. The number of ether oxygens (including phenoxy) is 1. The lowest BCUT2D eigenvalue weighted by molar-refractivity contribution is 0.415. The number of hydrogen-bond acceptors (Lipinski definition) is 2. The Morgan fingerprint density at radius 1 is 1.47 bits per heavy atom. The summed E-state index contributed by atoms with van der Waals surface area (Å²) in [6.45, 7) is 1.96. The zero-order chi connectivity index (χ0) is 12.7. The number of methoxy groups -OCH3 is 1. The standard InChI is InChI=1S/C12H14BrClN2O/c1-6(15)12-11(13)7-4-10(17-3)8(14)5-9(7)16(12)2/h4-6H,15H2,1-3H3. The Kier molecular flexibility index (Phi) is 3.39. The topological polar surface area (TPSA) is 40.2 Å². The minimum absolute atomic E-state index is 0.0495. The van der Waals surface area contributed by atoms with Crippen LogP contribution in [0.2, 0.25) is 5.02 Å². The molecule has 2 rings (SSSR count). The molecule has 0 amide bonds. The van der Waals surface area contributed by atoms with Crippen LogP contribution in [-0.2, 0) is 7.05 Å². The first-order valence-electron chi connectivity index (χ1n) is 5.24. The van der Waals surface area contributed by atoms with E-state index in [0.29, 0.717) is 10.8 Å². The first-order chi connectivity index (χ1) is 7.97. The van der Waals surface area contributed by atoms with Gasteiger partial charge in [-0.2, -0.15) is 0 Å². The molecule has 0 aliphatic carbocycles. The van der Waals surface area contributed by atoms with E-state index in [0.717, 1.165) is 21.1 Å². The van der Waals surface area contributed by atoms with Crippen molar-refractivity contribution < 1.29 is 4.74 Å². The Morgan fingerprint density at radius 2 is 2.12 bits per heavy atom. The normalized spacial score (nSPS) is 13.1. The van der Waals surface area contributed by atoms with Crippen LogP contribution in [0.5, 0.6) is 5.75 Å². The second kappa shape index (κ2) is 4.52. The molecular formula is C12H14BrClN2O. The summed E-state index contributed by atoms with van der Waals surface area (Å²) in [5.74, 6) is 0.668. The highest BCUT2D eigenvalue weighted by Gasteiger charge is 2.17. The van der Waals surface area contributed by atoms with Gasteiger partial charge in [0.1, 0.15) is 5.75 Å². The number of fused-ring (bicyclic) bond motifs is 1. The average molecular weight is 318 g/mol. The molecule has 0 saturated heterocycles. The van der Waals surface area contributed by atoms with E-state index < -0.39 is 0 Å². The number of aromatic nitrogens is 1. The molecule has 0 aliphatic heterocycles. The largest absolute Gasteiger partial charge is 0.495 e. The second-order valence-corrected chi connectivity index (χ2v) is 5.25. The lowest BCUT2D eigenvalue weighted by Crippen LogP contribution is -2.10.